The molecule has 0 unspecified atom stereocenters. The van der Waals surface area contributed by atoms with Crippen molar-refractivity contribution in [3.8, 4) is 11.3 Å². The second kappa shape index (κ2) is 13.4. The second-order valence-electron chi connectivity index (χ2n) is 12.8. The fourth-order valence-corrected chi connectivity index (χ4v) is 7.45. The number of benzene rings is 3. The number of piperidine rings is 1. The number of alkyl halides is 3. The number of carbonyl (C=O) groups excluding carboxylic acids is 1. The van der Waals surface area contributed by atoms with Crippen molar-refractivity contribution < 1.29 is 26.4 Å². The molecule has 0 aliphatic carbocycles. The molecule has 6 rings (SSSR count). The van der Waals surface area contributed by atoms with E-state index in [0.717, 1.165) is 11.8 Å². The molecule has 7 nitrogen and oxygen atoms in total. The SMILES string of the molecule is C[C@H](NC(=O)c1c(CN2CCC(N3CCC(F)(F)C3)CC2)c(-c2cccc(CF)c2)nc2ccc(S(C)(=O)=O)cc12)c1ccccc1. The molecule has 3 aromatic carbocycles. The van der Waals surface area contributed by atoms with Crippen molar-refractivity contribution >= 4 is 26.6 Å². The number of hydrogen-bond donors (Lipinski definition) is 1. The van der Waals surface area contributed by atoms with Gasteiger partial charge in [-0.1, -0.05) is 48.5 Å². The summed E-state index contributed by atoms with van der Waals surface area (Å²) >= 11 is 0. The van der Waals surface area contributed by atoms with Crippen molar-refractivity contribution in [3.05, 3.63) is 95.1 Å². The first-order valence-electron chi connectivity index (χ1n) is 15.9. The van der Waals surface area contributed by atoms with Crippen molar-refractivity contribution in [2.24, 2.45) is 0 Å². The molecule has 248 valence electrons. The van der Waals surface area contributed by atoms with E-state index in [-0.39, 0.29) is 35.9 Å². The van der Waals surface area contributed by atoms with Crippen LogP contribution in [0.2, 0.25) is 0 Å². The molecule has 47 heavy (non-hydrogen) atoms. The predicted molar refractivity (Wildman–Crippen MR) is 177 cm³/mol. The summed E-state index contributed by atoms with van der Waals surface area (Å²) < 4.78 is 67.0. The van der Waals surface area contributed by atoms with Gasteiger partial charge in [0.25, 0.3) is 11.8 Å². The maximum atomic E-state index is 14.4. The second-order valence-corrected chi connectivity index (χ2v) is 14.8. The van der Waals surface area contributed by atoms with Gasteiger partial charge in [0, 0.05) is 48.3 Å². The van der Waals surface area contributed by atoms with Gasteiger partial charge in [0.05, 0.1) is 34.3 Å². The van der Waals surface area contributed by atoms with Crippen LogP contribution in [0.5, 0.6) is 0 Å². The predicted octanol–water partition coefficient (Wildman–Crippen LogP) is 6.57. The van der Waals surface area contributed by atoms with Gasteiger partial charge in [-0.05, 0) is 68.2 Å². The lowest BCUT2D eigenvalue weighted by atomic mass is 9.93. The summed E-state index contributed by atoms with van der Waals surface area (Å²) in [6, 6.07) is 20.8. The highest BCUT2D eigenvalue weighted by molar-refractivity contribution is 7.90. The Morgan fingerprint density at radius 2 is 1.77 bits per heavy atom. The molecule has 4 aromatic rings. The van der Waals surface area contributed by atoms with Gasteiger partial charge in [-0.2, -0.15) is 0 Å². The number of pyridine rings is 1. The Morgan fingerprint density at radius 1 is 1.02 bits per heavy atom. The van der Waals surface area contributed by atoms with E-state index in [1.165, 1.54) is 12.1 Å². The van der Waals surface area contributed by atoms with Gasteiger partial charge in [-0.3, -0.25) is 14.6 Å². The molecule has 1 aromatic heterocycles. The van der Waals surface area contributed by atoms with Gasteiger partial charge >= 0.3 is 0 Å². The zero-order chi connectivity index (χ0) is 33.3. The third-order valence-electron chi connectivity index (χ3n) is 9.37. The maximum Gasteiger partial charge on any atom is 0.261 e. The van der Waals surface area contributed by atoms with E-state index in [0.29, 0.717) is 77.9 Å². The standard InChI is InChI=1S/C36H39F3N4O3S/c1-24(26-8-4-3-5-9-26)40-35(44)33-30-20-29(47(2,45)46)11-12-32(30)41-34(27-10-6-7-25(19-27)21-37)31(33)22-42-16-13-28(14-17-42)43-18-15-36(38,39)23-43/h3-12,19-20,24,28H,13-18,21-23H2,1-2H3,(H,40,44)/t24-/m0/s1. The number of sulfone groups is 1. The van der Waals surface area contributed by atoms with E-state index in [1.807, 2.05) is 48.2 Å². The van der Waals surface area contributed by atoms with Crippen LogP contribution in [-0.4, -0.2) is 73.5 Å². The van der Waals surface area contributed by atoms with Crippen molar-refractivity contribution in [2.45, 2.75) is 62.3 Å². The third-order valence-corrected chi connectivity index (χ3v) is 10.5. The summed E-state index contributed by atoms with van der Waals surface area (Å²) in [4.78, 5) is 23.5. The highest BCUT2D eigenvalue weighted by Crippen LogP contribution is 2.35. The normalized spacial score (nSPS) is 18.4. The molecule has 1 atom stereocenters. The molecule has 2 saturated heterocycles. The van der Waals surface area contributed by atoms with E-state index in [4.69, 9.17) is 4.98 Å². The van der Waals surface area contributed by atoms with Gasteiger partial charge in [0.15, 0.2) is 9.84 Å². The zero-order valence-corrected chi connectivity index (χ0v) is 27.4. The Hall–Kier alpha value is -3.80. The minimum Gasteiger partial charge on any atom is -0.345 e. The van der Waals surface area contributed by atoms with Gasteiger partial charge in [0.2, 0.25) is 0 Å². The number of hydrogen-bond acceptors (Lipinski definition) is 6. The van der Waals surface area contributed by atoms with E-state index >= 15 is 0 Å². The highest BCUT2D eigenvalue weighted by Gasteiger charge is 2.41. The minimum absolute atomic E-state index is 0.0573. The Kier molecular flexibility index (Phi) is 9.42. The lowest BCUT2D eigenvalue weighted by molar-refractivity contribution is 0.00303. The zero-order valence-electron chi connectivity index (χ0n) is 26.6. The molecular weight excluding hydrogens is 625 g/mol. The Balaban J connectivity index is 1.45. The van der Waals surface area contributed by atoms with Crippen LogP contribution >= 0.6 is 0 Å². The first kappa shape index (κ1) is 33.1. The van der Waals surface area contributed by atoms with Crippen LogP contribution in [0.3, 0.4) is 0 Å². The molecule has 0 bridgehead atoms. The minimum atomic E-state index is -3.61. The molecule has 2 fully saturated rings. The van der Waals surface area contributed by atoms with Gasteiger partial charge < -0.3 is 5.32 Å². The number of rotatable bonds is 9. The van der Waals surface area contributed by atoms with Crippen LogP contribution in [0.15, 0.2) is 77.7 Å². The molecule has 1 amide bonds. The van der Waals surface area contributed by atoms with E-state index in [9.17, 15) is 26.4 Å². The van der Waals surface area contributed by atoms with Crippen molar-refractivity contribution in [1.29, 1.82) is 0 Å². The molecule has 2 aliphatic rings. The summed E-state index contributed by atoms with van der Waals surface area (Å²) in [6.45, 7) is 2.95. The highest BCUT2D eigenvalue weighted by atomic mass is 32.2. The van der Waals surface area contributed by atoms with Crippen LogP contribution in [0, 0.1) is 0 Å². The topological polar surface area (TPSA) is 82.6 Å². The molecular formula is C36H39F3N4O3S. The number of likely N-dealkylation sites (tertiary alicyclic amines) is 2. The molecule has 2 aliphatic heterocycles. The largest absolute Gasteiger partial charge is 0.345 e. The van der Waals surface area contributed by atoms with Crippen molar-refractivity contribution in [1.82, 2.24) is 20.1 Å². The van der Waals surface area contributed by atoms with E-state index in [1.54, 1.807) is 24.3 Å². The lowest BCUT2D eigenvalue weighted by Gasteiger charge is -2.37. The summed E-state index contributed by atoms with van der Waals surface area (Å²) in [5.74, 6) is -3.03. The first-order valence-corrected chi connectivity index (χ1v) is 17.8. The average molecular weight is 665 g/mol. The molecule has 1 N–H and O–H groups in total. The Bertz CT molecular complexity index is 1880. The lowest BCUT2D eigenvalue weighted by Crippen LogP contribution is -2.44. The molecule has 0 spiro atoms. The molecule has 0 saturated carbocycles. The summed E-state index contributed by atoms with van der Waals surface area (Å²) in [5.41, 5.74) is 3.88. The number of fused-ring (bicyclic) bond motifs is 1. The van der Waals surface area contributed by atoms with E-state index in [2.05, 4.69) is 10.2 Å². The van der Waals surface area contributed by atoms with Crippen LogP contribution in [0.1, 0.15) is 59.3 Å². The number of nitrogens with zero attached hydrogens (tertiary/aromatic N) is 3. The first-order chi connectivity index (χ1) is 22.4. The smallest absolute Gasteiger partial charge is 0.261 e. The van der Waals surface area contributed by atoms with Crippen LogP contribution < -0.4 is 5.32 Å². The molecule has 11 heteroatoms. The van der Waals surface area contributed by atoms with Crippen molar-refractivity contribution in [2.75, 3.05) is 32.4 Å². The summed E-state index contributed by atoms with van der Waals surface area (Å²) in [7, 11) is -3.61. The van der Waals surface area contributed by atoms with Gasteiger partial charge in [-0.25, -0.2) is 26.6 Å². The number of aromatic nitrogens is 1. The number of nitrogens with one attached hydrogen (secondary N) is 1. The number of amides is 1. The Labute approximate surface area is 273 Å². The third kappa shape index (κ3) is 7.37. The van der Waals surface area contributed by atoms with E-state index < -0.39 is 22.4 Å². The fraction of sp³-hybridized carbons (Fsp3) is 0.389. The average Bonchev–Trinajstić information content (AvgIpc) is 3.43. The fourth-order valence-electron chi connectivity index (χ4n) is 6.80. The molecule has 3 heterocycles. The summed E-state index contributed by atoms with van der Waals surface area (Å²) in [5, 5.41) is 3.52. The van der Waals surface area contributed by atoms with Gasteiger partial charge in [-0.15, -0.1) is 0 Å². The van der Waals surface area contributed by atoms with Crippen LogP contribution in [-0.2, 0) is 23.1 Å². The monoisotopic (exact) mass is 664 g/mol. The van der Waals surface area contributed by atoms with Crippen LogP contribution in [0.4, 0.5) is 13.2 Å². The Morgan fingerprint density at radius 3 is 2.43 bits per heavy atom. The maximum absolute atomic E-state index is 14.4. The molecule has 0 radical (unpaired) electrons. The number of carbonyl (C=O) groups is 1. The summed E-state index contributed by atoms with van der Waals surface area (Å²) in [6.07, 6.45) is 2.41. The van der Waals surface area contributed by atoms with Crippen LogP contribution in [0.25, 0.3) is 22.2 Å². The quantitative estimate of drug-likeness (QED) is 0.218. The van der Waals surface area contributed by atoms with Crippen molar-refractivity contribution in [3.63, 3.8) is 0 Å². The van der Waals surface area contributed by atoms with Gasteiger partial charge in [0.1, 0.15) is 6.67 Å². The number of halogens is 3.